The number of carbonyl (C=O) groups excluding carboxylic acids is 2. The quantitative estimate of drug-likeness (QED) is 0.678. The molecule has 1 fully saturated rings. The Balaban J connectivity index is 1.73. The molecule has 3 rings (SSSR count). The molecule has 1 heterocycles. The number of hydrogen-bond donors (Lipinski definition) is 1. The van der Waals surface area contributed by atoms with Gasteiger partial charge in [-0.05, 0) is 42.9 Å². The molecule has 28 heavy (non-hydrogen) atoms. The summed E-state index contributed by atoms with van der Waals surface area (Å²) in [7, 11) is 0. The first-order chi connectivity index (χ1) is 13.7. The molecule has 1 unspecified atom stereocenters. The van der Waals surface area contributed by atoms with Crippen molar-refractivity contribution in [2.45, 2.75) is 51.5 Å². The highest BCUT2D eigenvalue weighted by Crippen LogP contribution is 2.31. The van der Waals surface area contributed by atoms with E-state index in [-0.39, 0.29) is 11.9 Å². The Labute approximate surface area is 167 Å². The highest BCUT2D eigenvalue weighted by Gasteiger charge is 2.21. The molecule has 2 aromatic carbocycles. The van der Waals surface area contributed by atoms with Gasteiger partial charge in [0.2, 0.25) is 5.91 Å². The van der Waals surface area contributed by atoms with Crippen LogP contribution in [0.1, 0.15) is 66.6 Å². The second kappa shape index (κ2) is 10.1. The number of rotatable bonds is 8. The lowest BCUT2D eigenvalue weighted by atomic mass is 9.98. The van der Waals surface area contributed by atoms with E-state index >= 15 is 0 Å². The van der Waals surface area contributed by atoms with Crippen molar-refractivity contribution in [1.82, 2.24) is 5.32 Å². The van der Waals surface area contributed by atoms with Gasteiger partial charge in [-0.15, -0.1) is 0 Å². The SMILES string of the molecule is CCCC(NC(=O)Cc1ccc(C=O)cc1)c1ccccc1N1CCCCC1. The number of piperidine rings is 1. The van der Waals surface area contributed by atoms with E-state index in [9.17, 15) is 9.59 Å². The van der Waals surface area contributed by atoms with Crippen LogP contribution in [0.25, 0.3) is 0 Å². The molecule has 0 aromatic heterocycles. The van der Waals surface area contributed by atoms with Crippen LogP contribution in [0, 0.1) is 0 Å². The number of amides is 1. The molecule has 0 radical (unpaired) electrons. The molecule has 0 spiro atoms. The fourth-order valence-corrected chi connectivity index (χ4v) is 3.94. The van der Waals surface area contributed by atoms with Crippen LogP contribution in [0.2, 0.25) is 0 Å². The molecule has 4 nitrogen and oxygen atoms in total. The second-order valence-corrected chi connectivity index (χ2v) is 7.55. The molecule has 0 aliphatic carbocycles. The summed E-state index contributed by atoms with van der Waals surface area (Å²) in [5, 5.41) is 3.26. The van der Waals surface area contributed by atoms with Gasteiger partial charge in [-0.2, -0.15) is 0 Å². The maximum absolute atomic E-state index is 12.7. The van der Waals surface area contributed by atoms with Gasteiger partial charge in [-0.1, -0.05) is 55.8 Å². The van der Waals surface area contributed by atoms with E-state index in [4.69, 9.17) is 0 Å². The van der Waals surface area contributed by atoms with Crippen LogP contribution in [0.5, 0.6) is 0 Å². The van der Waals surface area contributed by atoms with Gasteiger partial charge < -0.3 is 10.2 Å². The fourth-order valence-electron chi connectivity index (χ4n) is 3.94. The summed E-state index contributed by atoms with van der Waals surface area (Å²) in [6.07, 6.45) is 6.83. The highest BCUT2D eigenvalue weighted by molar-refractivity contribution is 5.80. The van der Waals surface area contributed by atoms with E-state index in [1.54, 1.807) is 12.1 Å². The molecule has 2 aromatic rings. The molecule has 1 saturated heterocycles. The van der Waals surface area contributed by atoms with E-state index in [0.717, 1.165) is 37.8 Å². The molecule has 1 N–H and O–H groups in total. The van der Waals surface area contributed by atoms with E-state index in [1.807, 2.05) is 12.1 Å². The molecule has 0 bridgehead atoms. The summed E-state index contributed by atoms with van der Waals surface area (Å²) >= 11 is 0. The predicted molar refractivity (Wildman–Crippen MR) is 114 cm³/mol. The zero-order chi connectivity index (χ0) is 19.8. The Hall–Kier alpha value is -2.62. The third kappa shape index (κ3) is 5.22. The van der Waals surface area contributed by atoms with Gasteiger partial charge in [0.05, 0.1) is 12.5 Å². The van der Waals surface area contributed by atoms with E-state index in [2.05, 4.69) is 41.4 Å². The zero-order valence-corrected chi connectivity index (χ0v) is 16.7. The van der Waals surface area contributed by atoms with Crippen molar-refractivity contribution in [2.75, 3.05) is 18.0 Å². The largest absolute Gasteiger partial charge is 0.371 e. The van der Waals surface area contributed by atoms with Crippen molar-refractivity contribution in [3.05, 3.63) is 65.2 Å². The Kier molecular flexibility index (Phi) is 7.24. The smallest absolute Gasteiger partial charge is 0.224 e. The summed E-state index contributed by atoms with van der Waals surface area (Å²) in [4.78, 5) is 26.0. The van der Waals surface area contributed by atoms with Gasteiger partial charge >= 0.3 is 0 Å². The molecule has 0 saturated carbocycles. The van der Waals surface area contributed by atoms with Crippen molar-refractivity contribution < 1.29 is 9.59 Å². The predicted octanol–water partition coefficient (Wildman–Crippen LogP) is 4.69. The fraction of sp³-hybridized carbons (Fsp3) is 0.417. The first-order valence-electron chi connectivity index (χ1n) is 10.4. The Morgan fingerprint density at radius 3 is 2.46 bits per heavy atom. The van der Waals surface area contributed by atoms with Crippen LogP contribution in [-0.2, 0) is 11.2 Å². The molecule has 1 amide bonds. The number of nitrogens with one attached hydrogen (secondary N) is 1. The van der Waals surface area contributed by atoms with Crippen molar-refractivity contribution in [1.29, 1.82) is 0 Å². The number of carbonyl (C=O) groups is 2. The normalized spacial score (nSPS) is 15.1. The molecule has 148 valence electrons. The van der Waals surface area contributed by atoms with Crippen molar-refractivity contribution >= 4 is 17.9 Å². The maximum Gasteiger partial charge on any atom is 0.224 e. The topological polar surface area (TPSA) is 49.4 Å². The molecule has 1 aliphatic rings. The number of anilines is 1. The summed E-state index contributed by atoms with van der Waals surface area (Å²) in [5.74, 6) is 0.0192. The molecular weight excluding hydrogens is 348 g/mol. The van der Waals surface area contributed by atoms with Gasteiger partial charge in [0.15, 0.2) is 0 Å². The monoisotopic (exact) mass is 378 g/mol. The lowest BCUT2D eigenvalue weighted by molar-refractivity contribution is -0.121. The minimum absolute atomic E-state index is 0.0184. The molecular formula is C24H30N2O2. The van der Waals surface area contributed by atoms with Crippen LogP contribution in [0.3, 0.4) is 0 Å². The molecule has 1 atom stereocenters. The average Bonchev–Trinajstić information content (AvgIpc) is 2.74. The van der Waals surface area contributed by atoms with Crippen molar-refractivity contribution in [2.24, 2.45) is 0 Å². The van der Waals surface area contributed by atoms with E-state index in [1.165, 1.54) is 30.5 Å². The summed E-state index contributed by atoms with van der Waals surface area (Å²) in [5.41, 5.74) is 4.03. The first-order valence-corrected chi connectivity index (χ1v) is 10.4. The lowest BCUT2D eigenvalue weighted by Gasteiger charge is -2.32. The van der Waals surface area contributed by atoms with Gasteiger partial charge in [0, 0.05) is 24.3 Å². The number of hydrogen-bond acceptors (Lipinski definition) is 3. The maximum atomic E-state index is 12.7. The van der Waals surface area contributed by atoms with E-state index < -0.39 is 0 Å². The Morgan fingerprint density at radius 2 is 1.79 bits per heavy atom. The average molecular weight is 379 g/mol. The molecule has 1 aliphatic heterocycles. The van der Waals surface area contributed by atoms with Crippen molar-refractivity contribution in [3.8, 4) is 0 Å². The van der Waals surface area contributed by atoms with Crippen LogP contribution in [-0.4, -0.2) is 25.3 Å². The van der Waals surface area contributed by atoms with Gasteiger partial charge in [-0.3, -0.25) is 9.59 Å². The minimum Gasteiger partial charge on any atom is -0.371 e. The van der Waals surface area contributed by atoms with Crippen LogP contribution in [0.4, 0.5) is 5.69 Å². The first kappa shape index (κ1) is 20.1. The highest BCUT2D eigenvalue weighted by atomic mass is 16.1. The van der Waals surface area contributed by atoms with Crippen LogP contribution in [0.15, 0.2) is 48.5 Å². The van der Waals surface area contributed by atoms with Crippen LogP contribution >= 0.6 is 0 Å². The minimum atomic E-state index is 0.0184. The third-order valence-electron chi connectivity index (χ3n) is 5.40. The summed E-state index contributed by atoms with van der Waals surface area (Å²) in [6.45, 7) is 4.33. The number of benzene rings is 2. The standard InChI is InChI=1S/C24H30N2O2/c1-2-8-22(25-24(28)17-19-11-13-20(18-27)14-12-19)21-9-4-5-10-23(21)26-15-6-3-7-16-26/h4-5,9-14,18,22H,2-3,6-8,15-17H2,1H3,(H,25,28). The molecule has 4 heteroatoms. The van der Waals surface area contributed by atoms with E-state index in [0.29, 0.717) is 12.0 Å². The van der Waals surface area contributed by atoms with Gasteiger partial charge in [0.25, 0.3) is 0 Å². The number of nitrogens with zero attached hydrogens (tertiary/aromatic N) is 1. The number of para-hydroxylation sites is 1. The Bertz CT molecular complexity index is 779. The summed E-state index contributed by atoms with van der Waals surface area (Å²) < 4.78 is 0. The Morgan fingerprint density at radius 1 is 1.07 bits per heavy atom. The van der Waals surface area contributed by atoms with Gasteiger partial charge in [0.1, 0.15) is 6.29 Å². The summed E-state index contributed by atoms with van der Waals surface area (Å²) in [6, 6.07) is 15.7. The lowest BCUT2D eigenvalue weighted by Crippen LogP contribution is -2.34. The zero-order valence-electron chi connectivity index (χ0n) is 16.7. The van der Waals surface area contributed by atoms with Crippen molar-refractivity contribution in [3.63, 3.8) is 0 Å². The third-order valence-corrected chi connectivity index (χ3v) is 5.40. The number of aldehydes is 1. The second-order valence-electron chi connectivity index (χ2n) is 7.55. The van der Waals surface area contributed by atoms with Crippen LogP contribution < -0.4 is 10.2 Å². The van der Waals surface area contributed by atoms with Gasteiger partial charge in [-0.25, -0.2) is 0 Å².